The van der Waals surface area contributed by atoms with Gasteiger partial charge in [0.2, 0.25) is 5.91 Å². The van der Waals surface area contributed by atoms with E-state index in [0.29, 0.717) is 41.7 Å². The van der Waals surface area contributed by atoms with E-state index in [1.807, 2.05) is 28.9 Å². The molecule has 1 aliphatic rings. The zero-order valence-electron chi connectivity index (χ0n) is 20.4. The van der Waals surface area contributed by atoms with Gasteiger partial charge in [0.15, 0.2) is 5.65 Å². The number of likely N-dealkylation sites (tertiary alicyclic amines) is 1. The molecular formula is C27H25F2N7O2. The summed E-state index contributed by atoms with van der Waals surface area (Å²) in [6.07, 6.45) is 4.36. The van der Waals surface area contributed by atoms with Gasteiger partial charge in [0.05, 0.1) is 17.0 Å². The standard InChI is InChI=1S/C27H25F2N7O2/c1-2-22(37)35-11-3-4-19(14-35)36-26-23(25(30)32-15-33-26)24(34-36)17-7-5-16(6-8-17)13-31-27(38)20-10-9-18(28)12-21(20)29/h2,5-10,12,15,19H,1,3-4,11,13-14H2,(H,31,38)(H2,30,32,33)/t19-/m1/s1. The molecule has 1 atom stereocenters. The molecule has 0 saturated carbocycles. The molecule has 3 N–H and O–H groups in total. The molecule has 0 radical (unpaired) electrons. The molecule has 1 saturated heterocycles. The maximum absolute atomic E-state index is 13.9. The second-order valence-corrected chi connectivity index (χ2v) is 9.04. The molecule has 0 unspecified atom stereocenters. The van der Waals surface area contributed by atoms with Crippen LogP contribution in [0.25, 0.3) is 22.3 Å². The summed E-state index contributed by atoms with van der Waals surface area (Å²) in [4.78, 5) is 34.9. The van der Waals surface area contributed by atoms with Gasteiger partial charge in [-0.25, -0.2) is 23.4 Å². The van der Waals surface area contributed by atoms with Crippen LogP contribution in [-0.2, 0) is 11.3 Å². The fraction of sp³-hybridized carbons (Fsp3) is 0.222. The van der Waals surface area contributed by atoms with Crippen LogP contribution in [0.5, 0.6) is 0 Å². The number of nitrogens with one attached hydrogen (secondary N) is 1. The molecule has 11 heteroatoms. The molecule has 2 aromatic carbocycles. The Hall–Kier alpha value is -4.67. The van der Waals surface area contributed by atoms with Crippen molar-refractivity contribution in [3.63, 3.8) is 0 Å². The SMILES string of the molecule is C=CC(=O)N1CCC[C@@H](n2nc(-c3ccc(CNC(=O)c4ccc(F)cc4F)cc3)c3c(N)ncnc32)C1. The maximum Gasteiger partial charge on any atom is 0.254 e. The minimum Gasteiger partial charge on any atom is -0.383 e. The first kappa shape index (κ1) is 25.0. The van der Waals surface area contributed by atoms with Crippen LogP contribution in [0.15, 0.2) is 61.4 Å². The molecule has 0 spiro atoms. The van der Waals surface area contributed by atoms with Gasteiger partial charge in [-0.2, -0.15) is 5.10 Å². The summed E-state index contributed by atoms with van der Waals surface area (Å²) < 4.78 is 28.8. The number of anilines is 1. The lowest BCUT2D eigenvalue weighted by atomic mass is 10.1. The number of benzene rings is 2. The van der Waals surface area contributed by atoms with Gasteiger partial charge in [-0.1, -0.05) is 30.8 Å². The summed E-state index contributed by atoms with van der Waals surface area (Å²) in [7, 11) is 0. The Labute approximate surface area is 217 Å². The van der Waals surface area contributed by atoms with Crippen LogP contribution in [0.1, 0.15) is 34.8 Å². The number of hydrogen-bond donors (Lipinski definition) is 2. The van der Waals surface area contributed by atoms with E-state index in [1.165, 1.54) is 12.4 Å². The number of fused-ring (bicyclic) bond motifs is 1. The highest BCUT2D eigenvalue weighted by atomic mass is 19.1. The number of nitrogens with two attached hydrogens (primary N) is 1. The van der Waals surface area contributed by atoms with E-state index in [1.54, 1.807) is 4.90 Å². The largest absolute Gasteiger partial charge is 0.383 e. The molecule has 1 fully saturated rings. The Balaban J connectivity index is 1.39. The van der Waals surface area contributed by atoms with Gasteiger partial charge < -0.3 is 16.0 Å². The Morgan fingerprint density at radius 3 is 2.68 bits per heavy atom. The van der Waals surface area contributed by atoms with Crippen molar-refractivity contribution in [3.8, 4) is 11.3 Å². The van der Waals surface area contributed by atoms with E-state index in [2.05, 4.69) is 21.9 Å². The molecule has 0 aliphatic carbocycles. The fourth-order valence-electron chi connectivity index (χ4n) is 4.67. The Kier molecular flexibility index (Phi) is 6.82. The second-order valence-electron chi connectivity index (χ2n) is 9.04. The van der Waals surface area contributed by atoms with Crippen LogP contribution in [0.4, 0.5) is 14.6 Å². The van der Waals surface area contributed by atoms with Crippen LogP contribution in [0.2, 0.25) is 0 Å². The number of hydrogen-bond acceptors (Lipinski definition) is 6. The highest BCUT2D eigenvalue weighted by Crippen LogP contribution is 2.33. The number of piperidine rings is 1. The fourth-order valence-corrected chi connectivity index (χ4v) is 4.67. The van der Waals surface area contributed by atoms with E-state index in [-0.39, 0.29) is 24.1 Å². The normalized spacial score (nSPS) is 15.4. The van der Waals surface area contributed by atoms with E-state index in [4.69, 9.17) is 10.8 Å². The lowest BCUT2D eigenvalue weighted by Gasteiger charge is -2.32. The molecule has 38 heavy (non-hydrogen) atoms. The molecule has 0 bridgehead atoms. The number of aromatic nitrogens is 4. The predicted molar refractivity (Wildman–Crippen MR) is 138 cm³/mol. The smallest absolute Gasteiger partial charge is 0.254 e. The molecule has 2 amide bonds. The summed E-state index contributed by atoms with van der Waals surface area (Å²) in [5.74, 6) is -2.14. The number of carbonyl (C=O) groups excluding carboxylic acids is 2. The minimum atomic E-state index is -0.921. The lowest BCUT2D eigenvalue weighted by Crippen LogP contribution is -2.40. The quantitative estimate of drug-likeness (QED) is 0.377. The lowest BCUT2D eigenvalue weighted by molar-refractivity contribution is -0.127. The molecule has 2 aromatic heterocycles. The van der Waals surface area contributed by atoms with Crippen LogP contribution < -0.4 is 11.1 Å². The van der Waals surface area contributed by atoms with Crippen LogP contribution >= 0.6 is 0 Å². The highest BCUT2D eigenvalue weighted by Gasteiger charge is 2.28. The third-order valence-corrected chi connectivity index (χ3v) is 6.60. The summed E-state index contributed by atoms with van der Waals surface area (Å²) in [6.45, 7) is 4.88. The van der Waals surface area contributed by atoms with Crippen molar-refractivity contribution in [3.05, 3.63) is 84.2 Å². The van der Waals surface area contributed by atoms with Crippen LogP contribution in [0.3, 0.4) is 0 Å². The zero-order chi connectivity index (χ0) is 26.8. The third kappa shape index (κ3) is 4.82. The van der Waals surface area contributed by atoms with E-state index >= 15 is 0 Å². The molecule has 4 aromatic rings. The summed E-state index contributed by atoms with van der Waals surface area (Å²) in [6, 6.07) is 10.0. The Morgan fingerprint density at radius 1 is 1.16 bits per heavy atom. The number of carbonyl (C=O) groups is 2. The topological polar surface area (TPSA) is 119 Å². The number of halogens is 2. The monoisotopic (exact) mass is 517 g/mol. The van der Waals surface area contributed by atoms with Gasteiger partial charge in [0.1, 0.15) is 29.5 Å². The van der Waals surface area contributed by atoms with Crippen molar-refractivity contribution in [2.24, 2.45) is 0 Å². The van der Waals surface area contributed by atoms with Gasteiger partial charge in [-0.3, -0.25) is 9.59 Å². The van der Waals surface area contributed by atoms with Gasteiger partial charge in [-0.15, -0.1) is 0 Å². The van der Waals surface area contributed by atoms with Crippen LogP contribution in [0, 0.1) is 11.6 Å². The van der Waals surface area contributed by atoms with Gasteiger partial charge in [0.25, 0.3) is 5.91 Å². The third-order valence-electron chi connectivity index (χ3n) is 6.60. The molecule has 1 aliphatic heterocycles. The summed E-state index contributed by atoms with van der Waals surface area (Å²) in [5.41, 5.74) is 8.74. The average Bonchev–Trinajstić information content (AvgIpc) is 3.33. The molecular weight excluding hydrogens is 492 g/mol. The van der Waals surface area contributed by atoms with Crippen molar-refractivity contribution >= 4 is 28.7 Å². The minimum absolute atomic E-state index is 0.0838. The first-order chi connectivity index (χ1) is 18.4. The van der Waals surface area contributed by atoms with E-state index < -0.39 is 17.5 Å². The first-order valence-electron chi connectivity index (χ1n) is 12.1. The zero-order valence-corrected chi connectivity index (χ0v) is 20.4. The number of nitrogen functional groups attached to an aromatic ring is 1. The average molecular weight is 518 g/mol. The predicted octanol–water partition coefficient (Wildman–Crippen LogP) is 3.63. The number of nitrogens with zero attached hydrogens (tertiary/aromatic N) is 5. The number of rotatable bonds is 6. The van der Waals surface area contributed by atoms with E-state index in [9.17, 15) is 18.4 Å². The first-order valence-corrected chi connectivity index (χ1v) is 12.1. The second kappa shape index (κ2) is 10.4. The van der Waals surface area contributed by atoms with Gasteiger partial charge in [0, 0.05) is 31.3 Å². The van der Waals surface area contributed by atoms with Crippen molar-refractivity contribution in [2.45, 2.75) is 25.4 Å². The molecule has 3 heterocycles. The Bertz CT molecular complexity index is 1530. The molecule has 5 rings (SSSR count). The van der Waals surface area contributed by atoms with Crippen molar-refractivity contribution in [1.29, 1.82) is 0 Å². The molecule has 194 valence electrons. The van der Waals surface area contributed by atoms with Crippen molar-refractivity contribution in [2.75, 3.05) is 18.8 Å². The Morgan fingerprint density at radius 2 is 1.95 bits per heavy atom. The van der Waals surface area contributed by atoms with Gasteiger partial charge >= 0.3 is 0 Å². The van der Waals surface area contributed by atoms with Crippen molar-refractivity contribution in [1.82, 2.24) is 30.0 Å². The van der Waals surface area contributed by atoms with Crippen LogP contribution in [-0.4, -0.2) is 49.6 Å². The number of amides is 2. The summed E-state index contributed by atoms with van der Waals surface area (Å²) >= 11 is 0. The summed E-state index contributed by atoms with van der Waals surface area (Å²) in [5, 5.41) is 8.11. The van der Waals surface area contributed by atoms with Crippen molar-refractivity contribution < 1.29 is 18.4 Å². The van der Waals surface area contributed by atoms with Gasteiger partial charge in [-0.05, 0) is 36.6 Å². The highest BCUT2D eigenvalue weighted by molar-refractivity contribution is 5.98. The van der Waals surface area contributed by atoms with E-state index in [0.717, 1.165) is 36.1 Å². The maximum atomic E-state index is 13.9. The molecule has 9 nitrogen and oxygen atoms in total.